The highest BCUT2D eigenvalue weighted by Crippen LogP contribution is 2.19. The van der Waals surface area contributed by atoms with E-state index in [1.807, 2.05) is 11.8 Å². The molecule has 0 aliphatic rings. The molecule has 3 heteroatoms. The van der Waals surface area contributed by atoms with Crippen LogP contribution < -0.4 is 5.73 Å². The van der Waals surface area contributed by atoms with Crippen molar-refractivity contribution >= 4 is 11.8 Å². The molecule has 0 aromatic rings. The maximum absolute atomic E-state index is 9.17. The summed E-state index contributed by atoms with van der Waals surface area (Å²) in [6.45, 7) is 7.05. The zero-order valence-electron chi connectivity index (χ0n) is 8.29. The van der Waals surface area contributed by atoms with E-state index in [2.05, 4.69) is 20.8 Å². The summed E-state index contributed by atoms with van der Waals surface area (Å²) in [6.07, 6.45) is 0.509. The van der Waals surface area contributed by atoms with Crippen molar-refractivity contribution in [1.82, 2.24) is 0 Å². The molecule has 74 valence electrons. The molecule has 2 nitrogen and oxygen atoms in total. The summed E-state index contributed by atoms with van der Waals surface area (Å²) in [6, 6.07) is 0. The molecule has 0 spiro atoms. The quantitative estimate of drug-likeness (QED) is 0.668. The molecular formula is C9H21NOS. The maximum Gasteiger partial charge on any atom is 0.0670 e. The predicted octanol–water partition coefficient (Wildman–Crippen LogP) is 1.47. The predicted molar refractivity (Wildman–Crippen MR) is 56.4 cm³/mol. The molecule has 0 heterocycles. The van der Waals surface area contributed by atoms with E-state index < -0.39 is 0 Å². The van der Waals surface area contributed by atoms with Gasteiger partial charge in [-0.3, -0.25) is 0 Å². The fourth-order valence-corrected chi connectivity index (χ4v) is 1.87. The first kappa shape index (κ1) is 12.3. The van der Waals surface area contributed by atoms with Gasteiger partial charge < -0.3 is 10.8 Å². The molecule has 12 heavy (non-hydrogen) atoms. The van der Waals surface area contributed by atoms with Crippen molar-refractivity contribution in [3.63, 3.8) is 0 Å². The number of aliphatic hydroxyl groups is 1. The largest absolute Gasteiger partial charge is 0.392 e. The van der Waals surface area contributed by atoms with Gasteiger partial charge in [-0.2, -0.15) is 11.8 Å². The van der Waals surface area contributed by atoms with Crippen molar-refractivity contribution in [3.05, 3.63) is 0 Å². The third-order valence-electron chi connectivity index (χ3n) is 2.04. The van der Waals surface area contributed by atoms with Crippen molar-refractivity contribution < 1.29 is 5.11 Å². The first-order valence-corrected chi connectivity index (χ1v) is 5.62. The van der Waals surface area contributed by atoms with E-state index in [-0.39, 0.29) is 6.10 Å². The van der Waals surface area contributed by atoms with Gasteiger partial charge in [0.25, 0.3) is 0 Å². The van der Waals surface area contributed by atoms with E-state index in [1.54, 1.807) is 0 Å². The van der Waals surface area contributed by atoms with Crippen molar-refractivity contribution in [2.24, 2.45) is 11.7 Å². The van der Waals surface area contributed by atoms with Crippen molar-refractivity contribution in [3.8, 4) is 0 Å². The van der Waals surface area contributed by atoms with Crippen molar-refractivity contribution in [2.75, 3.05) is 12.3 Å². The standard InChI is InChI=1S/C9H21NOS/c1-7(2)8(3)12-5-4-9(11)6-10/h7-9,11H,4-6,10H2,1-3H3. The lowest BCUT2D eigenvalue weighted by atomic mass is 10.2. The van der Waals surface area contributed by atoms with Gasteiger partial charge in [0.2, 0.25) is 0 Å². The normalized spacial score (nSPS) is 16.5. The summed E-state index contributed by atoms with van der Waals surface area (Å²) in [5, 5.41) is 9.85. The van der Waals surface area contributed by atoms with Crippen LogP contribution in [0.3, 0.4) is 0 Å². The molecule has 2 atom stereocenters. The highest BCUT2D eigenvalue weighted by molar-refractivity contribution is 7.99. The average molecular weight is 191 g/mol. The maximum atomic E-state index is 9.17. The lowest BCUT2D eigenvalue weighted by molar-refractivity contribution is 0.180. The molecule has 0 aromatic carbocycles. The summed E-state index contributed by atoms with van der Waals surface area (Å²) in [5.74, 6) is 1.72. The van der Waals surface area contributed by atoms with Gasteiger partial charge in [0.15, 0.2) is 0 Å². The zero-order valence-corrected chi connectivity index (χ0v) is 9.10. The van der Waals surface area contributed by atoms with Crippen LogP contribution >= 0.6 is 11.8 Å². The summed E-state index contributed by atoms with van der Waals surface area (Å²) >= 11 is 1.91. The minimum Gasteiger partial charge on any atom is -0.392 e. The van der Waals surface area contributed by atoms with Crippen LogP contribution in [0.25, 0.3) is 0 Å². The first-order valence-electron chi connectivity index (χ1n) is 4.57. The summed E-state index contributed by atoms with van der Waals surface area (Å²) in [7, 11) is 0. The van der Waals surface area contributed by atoms with Crippen LogP contribution in [-0.2, 0) is 0 Å². The Kier molecular flexibility index (Phi) is 6.90. The molecular weight excluding hydrogens is 170 g/mol. The van der Waals surface area contributed by atoms with Gasteiger partial charge in [0.1, 0.15) is 0 Å². The second kappa shape index (κ2) is 6.75. The van der Waals surface area contributed by atoms with Gasteiger partial charge >= 0.3 is 0 Å². The Labute approximate surface area is 79.9 Å². The fraction of sp³-hybridized carbons (Fsp3) is 1.00. The molecule has 0 amide bonds. The Morgan fingerprint density at radius 3 is 2.33 bits per heavy atom. The summed E-state index contributed by atoms with van der Waals surface area (Å²) in [5.41, 5.74) is 5.29. The molecule has 0 saturated heterocycles. The second-order valence-electron chi connectivity index (χ2n) is 3.50. The van der Waals surface area contributed by atoms with E-state index in [9.17, 15) is 5.11 Å². The highest BCUT2D eigenvalue weighted by atomic mass is 32.2. The molecule has 0 saturated carbocycles. The van der Waals surface area contributed by atoms with Gasteiger partial charge in [0, 0.05) is 11.8 Å². The third kappa shape index (κ3) is 5.86. The summed E-state index contributed by atoms with van der Waals surface area (Å²) in [4.78, 5) is 0. The number of nitrogens with two attached hydrogens (primary N) is 1. The van der Waals surface area contributed by atoms with Crippen LogP contribution in [-0.4, -0.2) is 28.8 Å². The van der Waals surface area contributed by atoms with E-state index in [4.69, 9.17) is 5.73 Å². The van der Waals surface area contributed by atoms with Gasteiger partial charge in [0.05, 0.1) is 6.10 Å². The van der Waals surface area contributed by atoms with Crippen LogP contribution in [0.1, 0.15) is 27.2 Å². The lowest BCUT2D eigenvalue weighted by Crippen LogP contribution is -2.20. The van der Waals surface area contributed by atoms with Crippen molar-refractivity contribution in [1.29, 1.82) is 0 Å². The van der Waals surface area contributed by atoms with Crippen LogP contribution in [0.2, 0.25) is 0 Å². The van der Waals surface area contributed by atoms with Gasteiger partial charge in [-0.15, -0.1) is 0 Å². The average Bonchev–Trinajstić information content (AvgIpc) is 2.03. The second-order valence-corrected chi connectivity index (χ2v) is 4.98. The fourth-order valence-electron chi connectivity index (χ4n) is 0.700. The first-order chi connectivity index (χ1) is 5.57. The number of rotatable bonds is 6. The number of hydrogen-bond donors (Lipinski definition) is 2. The minimum absolute atomic E-state index is 0.308. The monoisotopic (exact) mass is 191 g/mol. The van der Waals surface area contributed by atoms with Crippen LogP contribution in [0.15, 0.2) is 0 Å². The van der Waals surface area contributed by atoms with Crippen LogP contribution in [0.4, 0.5) is 0 Å². The van der Waals surface area contributed by atoms with E-state index in [0.29, 0.717) is 17.7 Å². The van der Waals surface area contributed by atoms with E-state index >= 15 is 0 Å². The van der Waals surface area contributed by atoms with E-state index in [0.717, 1.165) is 12.2 Å². The SMILES string of the molecule is CC(C)C(C)SCCC(O)CN. The Hall–Kier alpha value is 0.270. The minimum atomic E-state index is -0.308. The molecule has 0 fully saturated rings. The van der Waals surface area contributed by atoms with Crippen LogP contribution in [0, 0.1) is 5.92 Å². The van der Waals surface area contributed by atoms with Gasteiger partial charge in [-0.25, -0.2) is 0 Å². The number of aliphatic hydroxyl groups excluding tert-OH is 1. The Morgan fingerprint density at radius 1 is 1.33 bits per heavy atom. The van der Waals surface area contributed by atoms with E-state index in [1.165, 1.54) is 0 Å². The number of hydrogen-bond acceptors (Lipinski definition) is 3. The lowest BCUT2D eigenvalue weighted by Gasteiger charge is -2.15. The zero-order chi connectivity index (χ0) is 9.56. The van der Waals surface area contributed by atoms with Crippen molar-refractivity contribution in [2.45, 2.75) is 38.5 Å². The molecule has 0 bridgehead atoms. The van der Waals surface area contributed by atoms with Gasteiger partial charge in [-0.05, 0) is 18.1 Å². The molecule has 0 aliphatic carbocycles. The smallest absolute Gasteiger partial charge is 0.0670 e. The number of thioether (sulfide) groups is 1. The molecule has 0 radical (unpaired) electrons. The van der Waals surface area contributed by atoms with Crippen LogP contribution in [0.5, 0.6) is 0 Å². The molecule has 0 rings (SSSR count). The molecule has 3 N–H and O–H groups in total. The summed E-state index contributed by atoms with van der Waals surface area (Å²) < 4.78 is 0. The molecule has 0 aromatic heterocycles. The van der Waals surface area contributed by atoms with Gasteiger partial charge in [-0.1, -0.05) is 20.8 Å². The Balaban J connectivity index is 3.30. The highest BCUT2D eigenvalue weighted by Gasteiger charge is 2.08. The third-order valence-corrected chi connectivity index (χ3v) is 3.58. The topological polar surface area (TPSA) is 46.2 Å². The Bertz CT molecular complexity index is 109. The molecule has 2 unspecified atom stereocenters. The molecule has 0 aliphatic heterocycles. The Morgan fingerprint density at radius 2 is 1.92 bits per heavy atom.